The number of rotatable bonds is 4. The zero-order chi connectivity index (χ0) is 15.6. The summed E-state index contributed by atoms with van der Waals surface area (Å²) >= 11 is 8.81. The van der Waals surface area contributed by atoms with E-state index in [1.807, 2.05) is 0 Å². The summed E-state index contributed by atoms with van der Waals surface area (Å²) in [6, 6.07) is 3.94. The van der Waals surface area contributed by atoms with Gasteiger partial charge in [0, 0.05) is 11.2 Å². The molecule has 0 fully saturated rings. The van der Waals surface area contributed by atoms with E-state index in [0.717, 1.165) is 6.20 Å². The minimum absolute atomic E-state index is 0.0677. The number of pyridine rings is 1. The second-order valence-electron chi connectivity index (χ2n) is 3.77. The van der Waals surface area contributed by atoms with Crippen LogP contribution in [0.2, 0.25) is 5.02 Å². The highest BCUT2D eigenvalue weighted by Gasteiger charge is 2.22. The maximum absolute atomic E-state index is 11.2. The van der Waals surface area contributed by atoms with Crippen LogP contribution in [0.5, 0.6) is 11.5 Å². The van der Waals surface area contributed by atoms with Gasteiger partial charge in [-0.05, 0) is 34.1 Å². The van der Waals surface area contributed by atoms with E-state index in [-0.39, 0.29) is 26.6 Å². The lowest BCUT2D eigenvalue weighted by atomic mass is 10.2. The molecule has 2 aromatic rings. The van der Waals surface area contributed by atoms with Crippen molar-refractivity contribution in [2.75, 3.05) is 0 Å². The Morgan fingerprint density at radius 1 is 1.43 bits per heavy atom. The van der Waals surface area contributed by atoms with E-state index in [1.165, 1.54) is 24.4 Å². The number of halogens is 2. The minimum Gasteiger partial charge on any atom is -0.478 e. The summed E-state index contributed by atoms with van der Waals surface area (Å²) in [4.78, 5) is 25.1. The first-order chi connectivity index (χ1) is 9.90. The first-order valence-electron chi connectivity index (χ1n) is 5.38. The van der Waals surface area contributed by atoms with Gasteiger partial charge in [0.2, 0.25) is 5.75 Å². The fourth-order valence-electron chi connectivity index (χ4n) is 1.51. The molecule has 1 heterocycles. The van der Waals surface area contributed by atoms with Crippen LogP contribution in [0, 0.1) is 10.1 Å². The van der Waals surface area contributed by atoms with Gasteiger partial charge in [-0.15, -0.1) is 0 Å². The smallest absolute Gasteiger partial charge is 0.339 e. The molecular weight excluding hydrogens is 367 g/mol. The highest BCUT2D eigenvalue weighted by molar-refractivity contribution is 9.10. The van der Waals surface area contributed by atoms with Crippen LogP contribution in [0.4, 0.5) is 5.69 Å². The molecule has 1 aromatic heterocycles. The maximum Gasteiger partial charge on any atom is 0.339 e. The average molecular weight is 374 g/mol. The van der Waals surface area contributed by atoms with E-state index in [2.05, 4.69) is 20.9 Å². The second-order valence-corrected chi connectivity index (χ2v) is 5.07. The van der Waals surface area contributed by atoms with E-state index in [9.17, 15) is 14.9 Å². The van der Waals surface area contributed by atoms with Gasteiger partial charge in [0.25, 0.3) is 0 Å². The largest absolute Gasteiger partial charge is 0.478 e. The number of aromatic carboxylic acids is 1. The van der Waals surface area contributed by atoms with Gasteiger partial charge < -0.3 is 9.84 Å². The number of ether oxygens (including phenoxy) is 1. The number of carboxylic acids is 1. The van der Waals surface area contributed by atoms with Gasteiger partial charge in [0.1, 0.15) is 17.5 Å². The molecule has 0 aliphatic heterocycles. The van der Waals surface area contributed by atoms with Crippen molar-refractivity contribution in [1.82, 2.24) is 4.98 Å². The van der Waals surface area contributed by atoms with Crippen molar-refractivity contribution >= 4 is 39.2 Å². The third-order valence-electron chi connectivity index (χ3n) is 2.41. The van der Waals surface area contributed by atoms with Crippen molar-refractivity contribution in [1.29, 1.82) is 0 Å². The highest BCUT2D eigenvalue weighted by atomic mass is 79.9. The molecule has 0 saturated heterocycles. The lowest BCUT2D eigenvalue weighted by molar-refractivity contribution is -0.386. The van der Waals surface area contributed by atoms with Gasteiger partial charge in [-0.25, -0.2) is 4.79 Å². The van der Waals surface area contributed by atoms with Crippen molar-refractivity contribution in [2.24, 2.45) is 0 Å². The summed E-state index contributed by atoms with van der Waals surface area (Å²) in [6.07, 6.45) is 2.31. The molecular formula is C12H6BrClN2O5. The number of aromatic nitrogens is 1. The molecule has 0 atom stereocenters. The third kappa shape index (κ3) is 3.29. The lowest BCUT2D eigenvalue weighted by Crippen LogP contribution is -2.02. The molecule has 9 heteroatoms. The lowest BCUT2D eigenvalue weighted by Gasteiger charge is -2.10. The summed E-state index contributed by atoms with van der Waals surface area (Å²) in [5.74, 6) is -1.47. The second kappa shape index (κ2) is 6.06. The predicted molar refractivity (Wildman–Crippen MR) is 77.1 cm³/mol. The van der Waals surface area contributed by atoms with Gasteiger partial charge in [-0.3, -0.25) is 15.1 Å². The SMILES string of the molecule is O=C(O)c1cc(Cl)ccc1Oc1c(Br)cncc1[N+](=O)[O-]. The number of carboxylic acid groups (broad SMARTS) is 1. The minimum atomic E-state index is -1.26. The van der Waals surface area contributed by atoms with Crippen LogP contribution < -0.4 is 4.74 Å². The van der Waals surface area contributed by atoms with Crippen molar-refractivity contribution in [3.05, 3.63) is 55.8 Å². The van der Waals surface area contributed by atoms with Crippen LogP contribution >= 0.6 is 27.5 Å². The maximum atomic E-state index is 11.2. The van der Waals surface area contributed by atoms with Crippen molar-refractivity contribution < 1.29 is 19.6 Å². The topological polar surface area (TPSA) is 103 Å². The van der Waals surface area contributed by atoms with Crippen LogP contribution in [0.3, 0.4) is 0 Å². The molecule has 0 amide bonds. The Kier molecular flexibility index (Phi) is 4.39. The number of benzene rings is 1. The van der Waals surface area contributed by atoms with Gasteiger partial charge in [0.15, 0.2) is 0 Å². The highest BCUT2D eigenvalue weighted by Crippen LogP contribution is 2.38. The summed E-state index contributed by atoms with van der Waals surface area (Å²) in [7, 11) is 0. The van der Waals surface area contributed by atoms with Gasteiger partial charge in [-0.2, -0.15) is 0 Å². The first kappa shape index (κ1) is 15.2. The third-order valence-corrected chi connectivity index (χ3v) is 3.21. The van der Waals surface area contributed by atoms with Gasteiger partial charge >= 0.3 is 11.7 Å². The van der Waals surface area contributed by atoms with Crippen molar-refractivity contribution in [3.8, 4) is 11.5 Å². The zero-order valence-electron chi connectivity index (χ0n) is 10.1. The summed E-state index contributed by atoms with van der Waals surface area (Å²) in [5.41, 5.74) is -0.601. The Morgan fingerprint density at radius 2 is 2.14 bits per heavy atom. The zero-order valence-corrected chi connectivity index (χ0v) is 12.5. The molecule has 0 radical (unpaired) electrons. The number of hydrogen-bond donors (Lipinski definition) is 1. The molecule has 0 spiro atoms. The molecule has 108 valence electrons. The molecule has 7 nitrogen and oxygen atoms in total. The molecule has 2 rings (SSSR count). The average Bonchev–Trinajstić information content (AvgIpc) is 2.42. The van der Waals surface area contributed by atoms with Crippen LogP contribution in [0.25, 0.3) is 0 Å². The van der Waals surface area contributed by atoms with Crippen LogP contribution in [-0.4, -0.2) is 21.0 Å². The van der Waals surface area contributed by atoms with E-state index in [1.54, 1.807) is 0 Å². The quantitative estimate of drug-likeness (QED) is 0.644. The fraction of sp³-hybridized carbons (Fsp3) is 0. The Morgan fingerprint density at radius 3 is 2.76 bits per heavy atom. The van der Waals surface area contributed by atoms with Gasteiger partial charge in [0.05, 0.1) is 9.40 Å². The molecule has 0 bridgehead atoms. The van der Waals surface area contributed by atoms with Crippen molar-refractivity contribution in [2.45, 2.75) is 0 Å². The normalized spacial score (nSPS) is 10.2. The van der Waals surface area contributed by atoms with E-state index >= 15 is 0 Å². The molecule has 0 aliphatic carbocycles. The van der Waals surface area contributed by atoms with Crippen LogP contribution in [0.15, 0.2) is 35.1 Å². The molecule has 1 N–H and O–H groups in total. The van der Waals surface area contributed by atoms with Gasteiger partial charge in [-0.1, -0.05) is 11.6 Å². The molecule has 21 heavy (non-hydrogen) atoms. The Hall–Kier alpha value is -2.19. The summed E-state index contributed by atoms with van der Waals surface area (Å²) in [6.45, 7) is 0. The standard InChI is InChI=1S/C12H6BrClN2O5/c13-8-4-15-5-9(16(19)20)11(8)21-10-2-1-6(14)3-7(10)12(17)18/h1-5H,(H,17,18). The molecule has 1 aromatic carbocycles. The van der Waals surface area contributed by atoms with Crippen molar-refractivity contribution in [3.63, 3.8) is 0 Å². The van der Waals surface area contributed by atoms with E-state index < -0.39 is 16.6 Å². The Bertz CT molecular complexity index is 738. The first-order valence-corrected chi connectivity index (χ1v) is 6.56. The number of nitrogens with zero attached hydrogens (tertiary/aromatic N) is 2. The van der Waals surface area contributed by atoms with Crippen LogP contribution in [0.1, 0.15) is 10.4 Å². The summed E-state index contributed by atoms with van der Waals surface area (Å²) < 4.78 is 5.61. The molecule has 0 unspecified atom stereocenters. The molecule has 0 aliphatic rings. The predicted octanol–water partition coefficient (Wildman–Crippen LogP) is 3.90. The monoisotopic (exact) mass is 372 g/mol. The fourth-order valence-corrected chi connectivity index (χ4v) is 2.09. The van der Waals surface area contributed by atoms with E-state index in [4.69, 9.17) is 21.4 Å². The number of nitro groups is 1. The Labute approximate surface area is 131 Å². The van der Waals surface area contributed by atoms with E-state index in [0.29, 0.717) is 0 Å². The number of carbonyl (C=O) groups is 1. The Balaban J connectivity index is 2.53. The summed E-state index contributed by atoms with van der Waals surface area (Å²) in [5, 5.41) is 20.3. The number of hydrogen-bond acceptors (Lipinski definition) is 5. The van der Waals surface area contributed by atoms with Crippen LogP contribution in [-0.2, 0) is 0 Å². The molecule has 0 saturated carbocycles.